The maximum atomic E-state index is 11.9. The number of hydrogen-bond donors (Lipinski definition) is 0. The van der Waals surface area contributed by atoms with Crippen LogP contribution in [-0.2, 0) is 23.9 Å². The number of likely N-dealkylation sites (N-methyl/N-ethyl adjacent to an activating group) is 1. The molecule has 2 saturated carbocycles. The number of fused-ring (bicyclic) bond motifs is 5. The molecular formula is C19H27NO5. The molecule has 0 aromatic carbocycles. The van der Waals surface area contributed by atoms with Crippen LogP contribution in [-0.4, -0.2) is 55.5 Å². The van der Waals surface area contributed by atoms with Crippen molar-refractivity contribution in [1.82, 2.24) is 4.90 Å². The molecule has 1 heterocycles. The number of nitrogens with zero attached hydrogens (tertiary/aromatic N) is 1. The summed E-state index contributed by atoms with van der Waals surface area (Å²) in [5, 5.41) is 0. The van der Waals surface area contributed by atoms with Crippen LogP contribution in [0.1, 0.15) is 38.5 Å². The number of hydrogen-bond acceptors (Lipinski definition) is 5. The molecule has 0 aromatic heterocycles. The second-order valence-electron chi connectivity index (χ2n) is 7.47. The van der Waals surface area contributed by atoms with E-state index in [1.807, 2.05) is 0 Å². The average molecular weight is 349 g/mol. The summed E-state index contributed by atoms with van der Waals surface area (Å²) in [6, 6.07) is 0. The van der Waals surface area contributed by atoms with Gasteiger partial charge < -0.3 is 14.4 Å². The Morgan fingerprint density at radius 2 is 2.04 bits per heavy atom. The van der Waals surface area contributed by atoms with Gasteiger partial charge >= 0.3 is 5.97 Å². The van der Waals surface area contributed by atoms with Gasteiger partial charge in [0.25, 0.3) is 0 Å². The summed E-state index contributed by atoms with van der Waals surface area (Å²) in [5.41, 5.74) is 0. The highest BCUT2D eigenvalue weighted by atomic mass is 16.6. The largest absolute Gasteiger partial charge is 0.465 e. The molecule has 3 rings (SSSR count). The molecule has 1 amide bonds. The molecule has 0 aromatic rings. The number of rotatable bonds is 10. The molecule has 3 aliphatic rings. The van der Waals surface area contributed by atoms with Crippen molar-refractivity contribution >= 4 is 18.2 Å². The standard InChI is InChI=1S/C19H27NO5/c1-20(16(22)6-5-9-21)8-4-2-3-7-17(23)24-12-14-10-13-11-15(14)19-18(13)25-19/h5-6,9,13-15,18-19H,2-4,7-8,10-12H2,1H3/b6-5-. The topological polar surface area (TPSA) is 76.2 Å². The molecule has 5 atom stereocenters. The summed E-state index contributed by atoms with van der Waals surface area (Å²) in [6.45, 7) is 1.16. The van der Waals surface area contributed by atoms with Crippen molar-refractivity contribution in [2.24, 2.45) is 17.8 Å². The number of aldehydes is 1. The SMILES string of the molecule is CN(CCCCCC(=O)OCC1CC2CC1C1OC21)C(=O)/C=C\C=O. The number of amides is 1. The van der Waals surface area contributed by atoms with Gasteiger partial charge in [-0.3, -0.25) is 14.4 Å². The lowest BCUT2D eigenvalue weighted by Crippen LogP contribution is -2.25. The van der Waals surface area contributed by atoms with Crippen LogP contribution in [0.2, 0.25) is 0 Å². The second kappa shape index (κ2) is 8.13. The van der Waals surface area contributed by atoms with E-state index in [9.17, 15) is 14.4 Å². The van der Waals surface area contributed by atoms with E-state index in [1.54, 1.807) is 11.9 Å². The lowest BCUT2D eigenvalue weighted by atomic mass is 9.89. The van der Waals surface area contributed by atoms with Crippen molar-refractivity contribution in [3.05, 3.63) is 12.2 Å². The number of esters is 1. The predicted molar refractivity (Wildman–Crippen MR) is 90.6 cm³/mol. The van der Waals surface area contributed by atoms with Crippen LogP contribution >= 0.6 is 0 Å². The zero-order valence-corrected chi connectivity index (χ0v) is 14.8. The Kier molecular flexibility index (Phi) is 5.89. The first-order valence-corrected chi connectivity index (χ1v) is 9.28. The molecule has 0 N–H and O–H groups in total. The Balaban J connectivity index is 1.21. The monoisotopic (exact) mass is 349 g/mol. The summed E-state index contributed by atoms with van der Waals surface area (Å²) >= 11 is 0. The summed E-state index contributed by atoms with van der Waals surface area (Å²) < 4.78 is 11.1. The minimum absolute atomic E-state index is 0.116. The van der Waals surface area contributed by atoms with E-state index in [4.69, 9.17) is 9.47 Å². The van der Waals surface area contributed by atoms with E-state index in [1.165, 1.54) is 18.6 Å². The van der Waals surface area contributed by atoms with Gasteiger partial charge in [-0.25, -0.2) is 0 Å². The van der Waals surface area contributed by atoms with Gasteiger partial charge in [-0.15, -0.1) is 0 Å². The molecule has 5 unspecified atom stereocenters. The molecular weight excluding hydrogens is 322 g/mol. The Hall–Kier alpha value is -1.69. The lowest BCUT2D eigenvalue weighted by molar-refractivity contribution is -0.145. The highest BCUT2D eigenvalue weighted by molar-refractivity contribution is 5.90. The normalized spacial score (nSPS) is 31.8. The van der Waals surface area contributed by atoms with Crippen molar-refractivity contribution in [2.45, 2.75) is 50.7 Å². The molecule has 2 aliphatic carbocycles. The maximum Gasteiger partial charge on any atom is 0.305 e. The minimum atomic E-state index is -0.181. The molecule has 6 heteroatoms. The Morgan fingerprint density at radius 3 is 2.76 bits per heavy atom. The van der Waals surface area contributed by atoms with Gasteiger partial charge in [0, 0.05) is 26.1 Å². The summed E-state index contributed by atoms with van der Waals surface area (Å²) in [4.78, 5) is 35.2. The number of unbranched alkanes of at least 4 members (excludes halogenated alkanes) is 2. The summed E-state index contributed by atoms with van der Waals surface area (Å²) in [5.74, 6) is 1.52. The molecule has 1 aliphatic heterocycles. The van der Waals surface area contributed by atoms with Gasteiger partial charge in [0.15, 0.2) is 0 Å². The molecule has 138 valence electrons. The van der Waals surface area contributed by atoms with E-state index in [0.29, 0.717) is 55.8 Å². The van der Waals surface area contributed by atoms with Crippen LogP contribution in [0.25, 0.3) is 0 Å². The van der Waals surface area contributed by atoms with E-state index < -0.39 is 0 Å². The van der Waals surface area contributed by atoms with Gasteiger partial charge in [0.2, 0.25) is 5.91 Å². The van der Waals surface area contributed by atoms with Crippen LogP contribution in [0.4, 0.5) is 0 Å². The Morgan fingerprint density at radius 1 is 1.20 bits per heavy atom. The van der Waals surface area contributed by atoms with Crippen LogP contribution in [0.3, 0.4) is 0 Å². The van der Waals surface area contributed by atoms with E-state index in [-0.39, 0.29) is 11.9 Å². The zero-order valence-electron chi connectivity index (χ0n) is 14.8. The fourth-order valence-electron chi connectivity index (χ4n) is 4.35. The Labute approximate surface area is 148 Å². The molecule has 3 fully saturated rings. The summed E-state index contributed by atoms with van der Waals surface area (Å²) in [7, 11) is 1.70. The third-order valence-corrected chi connectivity index (χ3v) is 5.76. The van der Waals surface area contributed by atoms with Crippen molar-refractivity contribution < 1.29 is 23.9 Å². The van der Waals surface area contributed by atoms with E-state index >= 15 is 0 Å². The molecule has 2 bridgehead atoms. The highest BCUT2D eigenvalue weighted by Gasteiger charge is 2.63. The third kappa shape index (κ3) is 4.48. The van der Waals surface area contributed by atoms with Crippen LogP contribution in [0.5, 0.6) is 0 Å². The van der Waals surface area contributed by atoms with Gasteiger partial charge in [0.1, 0.15) is 6.29 Å². The molecule has 25 heavy (non-hydrogen) atoms. The van der Waals surface area contributed by atoms with Crippen molar-refractivity contribution in [3.8, 4) is 0 Å². The molecule has 6 nitrogen and oxygen atoms in total. The van der Waals surface area contributed by atoms with Crippen molar-refractivity contribution in [2.75, 3.05) is 20.2 Å². The van der Waals surface area contributed by atoms with Crippen molar-refractivity contribution in [1.29, 1.82) is 0 Å². The van der Waals surface area contributed by atoms with Crippen LogP contribution in [0, 0.1) is 17.8 Å². The van der Waals surface area contributed by atoms with E-state index in [2.05, 4.69) is 0 Å². The highest BCUT2D eigenvalue weighted by Crippen LogP contribution is 2.58. The first-order chi connectivity index (χ1) is 12.1. The van der Waals surface area contributed by atoms with Gasteiger partial charge in [-0.05, 0) is 49.5 Å². The quantitative estimate of drug-likeness (QED) is 0.197. The van der Waals surface area contributed by atoms with E-state index in [0.717, 1.165) is 25.7 Å². The second-order valence-corrected chi connectivity index (χ2v) is 7.47. The molecule has 0 radical (unpaired) electrons. The van der Waals surface area contributed by atoms with Crippen LogP contribution in [0.15, 0.2) is 12.2 Å². The number of ether oxygens (including phenoxy) is 2. The van der Waals surface area contributed by atoms with Gasteiger partial charge in [-0.1, -0.05) is 6.42 Å². The number of allylic oxidation sites excluding steroid dienone is 1. The van der Waals surface area contributed by atoms with Crippen molar-refractivity contribution in [3.63, 3.8) is 0 Å². The first kappa shape index (κ1) is 18.1. The molecule has 1 saturated heterocycles. The summed E-state index contributed by atoms with van der Waals surface area (Å²) in [6.07, 6.45) is 9.34. The number of carbonyl (C=O) groups excluding carboxylic acids is 3. The first-order valence-electron chi connectivity index (χ1n) is 9.28. The average Bonchev–Trinajstić information content (AvgIpc) is 3.22. The van der Waals surface area contributed by atoms with Gasteiger partial charge in [-0.2, -0.15) is 0 Å². The third-order valence-electron chi connectivity index (χ3n) is 5.76. The van der Waals surface area contributed by atoms with Crippen LogP contribution < -0.4 is 0 Å². The maximum absolute atomic E-state index is 11.9. The van der Waals surface area contributed by atoms with Gasteiger partial charge in [0.05, 0.1) is 18.8 Å². The zero-order chi connectivity index (χ0) is 17.8. The molecule has 0 spiro atoms. The smallest absolute Gasteiger partial charge is 0.305 e. The number of carbonyl (C=O) groups is 3. The minimum Gasteiger partial charge on any atom is -0.465 e. The predicted octanol–water partition coefficient (Wildman–Crippen LogP) is 1.73. The fraction of sp³-hybridized carbons (Fsp3) is 0.737. The Bertz CT molecular complexity index is 546. The fourth-order valence-corrected chi connectivity index (χ4v) is 4.35. The number of epoxide rings is 1. The lowest BCUT2D eigenvalue weighted by Gasteiger charge is -2.19.